The Labute approximate surface area is 107 Å². The summed E-state index contributed by atoms with van der Waals surface area (Å²) in [5.74, 6) is -0.649. The SMILES string of the molecule is CCOC(=O)c1[nH]c2cccc(C(F)(F)F)c2c1C. The topological polar surface area (TPSA) is 42.1 Å². The number of fused-ring (bicyclic) bond motifs is 1. The van der Waals surface area contributed by atoms with Gasteiger partial charge in [-0.3, -0.25) is 0 Å². The molecule has 1 heterocycles. The van der Waals surface area contributed by atoms with Crippen molar-refractivity contribution in [1.29, 1.82) is 0 Å². The molecule has 0 spiro atoms. The van der Waals surface area contributed by atoms with Gasteiger partial charge in [0.25, 0.3) is 0 Å². The Morgan fingerprint density at radius 2 is 2.05 bits per heavy atom. The zero-order valence-corrected chi connectivity index (χ0v) is 10.4. The molecule has 0 bridgehead atoms. The predicted octanol–water partition coefficient (Wildman–Crippen LogP) is 3.67. The lowest BCUT2D eigenvalue weighted by molar-refractivity contribution is -0.136. The van der Waals surface area contributed by atoms with Crippen molar-refractivity contribution >= 4 is 16.9 Å². The summed E-state index contributed by atoms with van der Waals surface area (Å²) in [5, 5.41) is 0.0121. The largest absolute Gasteiger partial charge is 0.461 e. The van der Waals surface area contributed by atoms with Gasteiger partial charge in [0.15, 0.2) is 0 Å². The molecule has 1 aromatic carbocycles. The van der Waals surface area contributed by atoms with E-state index in [1.807, 2.05) is 0 Å². The molecule has 0 amide bonds. The molecule has 3 nitrogen and oxygen atoms in total. The Morgan fingerprint density at radius 3 is 2.63 bits per heavy atom. The van der Waals surface area contributed by atoms with Gasteiger partial charge in [0, 0.05) is 10.9 Å². The summed E-state index contributed by atoms with van der Waals surface area (Å²) in [7, 11) is 0. The summed E-state index contributed by atoms with van der Waals surface area (Å²) in [5.41, 5.74) is -0.167. The number of H-pyrrole nitrogens is 1. The number of ether oxygens (including phenoxy) is 1. The lowest BCUT2D eigenvalue weighted by Crippen LogP contribution is -2.07. The molecule has 0 saturated heterocycles. The van der Waals surface area contributed by atoms with Crippen molar-refractivity contribution in [3.8, 4) is 0 Å². The van der Waals surface area contributed by atoms with E-state index in [1.165, 1.54) is 19.1 Å². The summed E-state index contributed by atoms with van der Waals surface area (Å²) in [6.07, 6.45) is -4.46. The third-order valence-corrected chi connectivity index (χ3v) is 2.86. The number of carbonyl (C=O) groups is 1. The van der Waals surface area contributed by atoms with Gasteiger partial charge in [-0.1, -0.05) is 6.07 Å². The van der Waals surface area contributed by atoms with Gasteiger partial charge in [-0.2, -0.15) is 13.2 Å². The number of esters is 1. The van der Waals surface area contributed by atoms with E-state index in [1.54, 1.807) is 6.92 Å². The molecule has 0 unspecified atom stereocenters. The van der Waals surface area contributed by atoms with E-state index in [9.17, 15) is 18.0 Å². The number of alkyl halides is 3. The van der Waals surface area contributed by atoms with E-state index < -0.39 is 17.7 Å². The van der Waals surface area contributed by atoms with Crippen molar-refractivity contribution in [2.24, 2.45) is 0 Å². The molecule has 6 heteroatoms. The summed E-state index contributed by atoms with van der Waals surface area (Å²) < 4.78 is 43.6. The predicted molar refractivity (Wildman–Crippen MR) is 64.0 cm³/mol. The van der Waals surface area contributed by atoms with E-state index in [0.29, 0.717) is 0 Å². The Hall–Kier alpha value is -1.98. The molecule has 1 N–H and O–H groups in total. The first-order valence-electron chi connectivity index (χ1n) is 5.71. The first-order chi connectivity index (χ1) is 8.86. The van der Waals surface area contributed by atoms with Crippen LogP contribution in [0.25, 0.3) is 10.9 Å². The number of benzene rings is 1. The van der Waals surface area contributed by atoms with Crippen LogP contribution in [0.4, 0.5) is 13.2 Å². The van der Waals surface area contributed by atoms with E-state index in [4.69, 9.17) is 4.74 Å². The summed E-state index contributed by atoms with van der Waals surface area (Å²) in [4.78, 5) is 14.3. The van der Waals surface area contributed by atoms with Crippen molar-refractivity contribution in [2.75, 3.05) is 6.61 Å². The van der Waals surface area contributed by atoms with Crippen molar-refractivity contribution in [1.82, 2.24) is 4.98 Å². The monoisotopic (exact) mass is 271 g/mol. The molecular formula is C13H12F3NO2. The molecule has 2 rings (SSSR count). The first kappa shape index (κ1) is 13.5. The van der Waals surface area contributed by atoms with Crippen LogP contribution in [-0.4, -0.2) is 17.6 Å². The smallest absolute Gasteiger partial charge is 0.417 e. The lowest BCUT2D eigenvalue weighted by Gasteiger charge is -2.08. The van der Waals surface area contributed by atoms with Crippen LogP contribution in [0.1, 0.15) is 28.5 Å². The van der Waals surface area contributed by atoms with Gasteiger partial charge in [0.05, 0.1) is 12.2 Å². The fourth-order valence-corrected chi connectivity index (χ4v) is 2.06. The van der Waals surface area contributed by atoms with Crippen molar-refractivity contribution in [3.63, 3.8) is 0 Å². The maximum atomic E-state index is 12.9. The number of halogens is 3. The number of carbonyl (C=O) groups excluding carboxylic acids is 1. The minimum atomic E-state index is -4.46. The van der Waals surface area contributed by atoms with Gasteiger partial charge < -0.3 is 9.72 Å². The maximum absolute atomic E-state index is 12.9. The molecule has 0 aliphatic carbocycles. The second-order valence-corrected chi connectivity index (χ2v) is 4.07. The highest BCUT2D eigenvalue weighted by Gasteiger charge is 2.34. The van der Waals surface area contributed by atoms with E-state index in [0.717, 1.165) is 6.07 Å². The van der Waals surface area contributed by atoms with Crippen LogP contribution < -0.4 is 0 Å². The number of nitrogens with one attached hydrogen (secondary N) is 1. The molecular weight excluding hydrogens is 259 g/mol. The molecule has 2 aromatic rings. The van der Waals surface area contributed by atoms with E-state index in [-0.39, 0.29) is 28.8 Å². The fraction of sp³-hybridized carbons (Fsp3) is 0.308. The van der Waals surface area contributed by atoms with Crippen LogP contribution in [0, 0.1) is 6.92 Å². The molecule has 0 saturated carbocycles. The van der Waals surface area contributed by atoms with Crippen LogP contribution in [0.3, 0.4) is 0 Å². The summed E-state index contributed by atoms with van der Waals surface area (Å²) in [6.45, 7) is 3.27. The van der Waals surface area contributed by atoms with Gasteiger partial charge in [-0.05, 0) is 31.5 Å². The molecule has 0 atom stereocenters. The average Bonchev–Trinajstić information content (AvgIpc) is 2.66. The number of aromatic amines is 1. The maximum Gasteiger partial charge on any atom is 0.417 e. The van der Waals surface area contributed by atoms with Gasteiger partial charge in [-0.15, -0.1) is 0 Å². The van der Waals surface area contributed by atoms with Gasteiger partial charge in [0.2, 0.25) is 0 Å². The number of rotatable bonds is 2. The second-order valence-electron chi connectivity index (χ2n) is 4.07. The van der Waals surface area contributed by atoms with Crippen molar-refractivity contribution < 1.29 is 22.7 Å². The van der Waals surface area contributed by atoms with E-state index in [2.05, 4.69) is 4.98 Å². The molecule has 0 aliphatic heterocycles. The highest BCUT2D eigenvalue weighted by Crippen LogP contribution is 2.37. The van der Waals surface area contributed by atoms with Crippen LogP contribution in [-0.2, 0) is 10.9 Å². The Morgan fingerprint density at radius 1 is 1.37 bits per heavy atom. The Kier molecular flexibility index (Phi) is 3.26. The summed E-state index contributed by atoms with van der Waals surface area (Å²) in [6, 6.07) is 3.80. The Bertz CT molecular complexity index is 629. The zero-order valence-electron chi connectivity index (χ0n) is 10.4. The minimum absolute atomic E-state index is 0.0121. The normalized spacial score (nSPS) is 11.8. The summed E-state index contributed by atoms with van der Waals surface area (Å²) >= 11 is 0. The fourth-order valence-electron chi connectivity index (χ4n) is 2.06. The molecule has 0 fully saturated rings. The molecule has 19 heavy (non-hydrogen) atoms. The van der Waals surface area contributed by atoms with Crippen molar-refractivity contribution in [3.05, 3.63) is 35.0 Å². The highest BCUT2D eigenvalue weighted by molar-refractivity contribution is 5.99. The van der Waals surface area contributed by atoms with Crippen molar-refractivity contribution in [2.45, 2.75) is 20.0 Å². The van der Waals surface area contributed by atoms with E-state index >= 15 is 0 Å². The van der Waals surface area contributed by atoms with Gasteiger partial charge in [0.1, 0.15) is 5.69 Å². The Balaban J connectivity index is 2.68. The first-order valence-corrected chi connectivity index (χ1v) is 5.71. The third kappa shape index (κ3) is 2.30. The van der Waals surface area contributed by atoms with Crippen LogP contribution in [0.15, 0.2) is 18.2 Å². The average molecular weight is 271 g/mol. The molecule has 0 aliphatic rings. The van der Waals surface area contributed by atoms with Gasteiger partial charge in [-0.25, -0.2) is 4.79 Å². The van der Waals surface area contributed by atoms with Gasteiger partial charge >= 0.3 is 12.1 Å². The highest BCUT2D eigenvalue weighted by atomic mass is 19.4. The molecule has 102 valence electrons. The number of aryl methyl sites for hydroxylation is 1. The molecule has 1 aromatic heterocycles. The molecule has 0 radical (unpaired) electrons. The quantitative estimate of drug-likeness (QED) is 0.847. The third-order valence-electron chi connectivity index (χ3n) is 2.86. The minimum Gasteiger partial charge on any atom is -0.461 e. The van der Waals surface area contributed by atoms with Crippen LogP contribution in [0.2, 0.25) is 0 Å². The number of hydrogen-bond acceptors (Lipinski definition) is 2. The number of hydrogen-bond donors (Lipinski definition) is 1. The number of aromatic nitrogens is 1. The van der Waals surface area contributed by atoms with Crippen LogP contribution in [0.5, 0.6) is 0 Å². The standard InChI is InChI=1S/C13H12F3NO2/c1-3-19-12(18)11-7(2)10-8(13(14,15)16)5-4-6-9(10)17-11/h4-6,17H,3H2,1-2H3. The lowest BCUT2D eigenvalue weighted by atomic mass is 10.1. The zero-order chi connectivity index (χ0) is 14.2. The second kappa shape index (κ2) is 4.60. The van der Waals surface area contributed by atoms with Crippen LogP contribution >= 0.6 is 0 Å².